The summed E-state index contributed by atoms with van der Waals surface area (Å²) in [4.78, 5) is 18.8. The molecule has 1 aromatic carbocycles. The van der Waals surface area contributed by atoms with Gasteiger partial charge in [-0.15, -0.1) is 0 Å². The molecule has 7 nitrogen and oxygen atoms in total. The zero-order chi connectivity index (χ0) is 21.3. The predicted octanol–water partition coefficient (Wildman–Crippen LogP) is 3.62. The highest BCUT2D eigenvalue weighted by Crippen LogP contribution is 2.28. The molecule has 1 aliphatic rings. The predicted molar refractivity (Wildman–Crippen MR) is 109 cm³/mol. The van der Waals surface area contributed by atoms with Crippen LogP contribution in [0.4, 0.5) is 9.18 Å². The minimum Gasteiger partial charge on any atom is -0.331 e. The Morgan fingerprint density at radius 1 is 1.37 bits per heavy atom. The van der Waals surface area contributed by atoms with E-state index in [0.29, 0.717) is 25.1 Å². The van der Waals surface area contributed by atoms with Crippen molar-refractivity contribution in [1.82, 2.24) is 25.4 Å². The Labute approximate surface area is 173 Å². The summed E-state index contributed by atoms with van der Waals surface area (Å²) in [5, 5.41) is 19.3. The largest absolute Gasteiger partial charge is 0.331 e. The molecule has 2 amide bonds. The maximum atomic E-state index is 13.9. The molecule has 0 radical (unpaired) electrons. The minimum absolute atomic E-state index is 0.0142. The van der Waals surface area contributed by atoms with Gasteiger partial charge in [-0.05, 0) is 43.7 Å². The average molecular weight is 404 g/mol. The molecule has 30 heavy (non-hydrogen) atoms. The van der Waals surface area contributed by atoms with Gasteiger partial charge in [-0.2, -0.15) is 10.4 Å². The van der Waals surface area contributed by atoms with Crippen LogP contribution in [0.3, 0.4) is 0 Å². The molecule has 3 aromatic rings. The number of aromatic amines is 1. The first kappa shape index (κ1) is 19.6. The summed E-state index contributed by atoms with van der Waals surface area (Å²) in [5.74, 6) is -0.589. The van der Waals surface area contributed by atoms with Gasteiger partial charge < -0.3 is 10.2 Å². The number of pyridine rings is 1. The Morgan fingerprint density at radius 3 is 2.93 bits per heavy atom. The molecule has 0 aliphatic carbocycles. The molecule has 2 N–H and O–H groups in total. The number of hydrogen-bond donors (Lipinski definition) is 2. The van der Waals surface area contributed by atoms with Crippen LogP contribution < -0.4 is 5.32 Å². The number of nitrogens with zero attached hydrogens (tertiary/aromatic N) is 4. The van der Waals surface area contributed by atoms with Gasteiger partial charge in [-0.3, -0.25) is 10.1 Å². The lowest BCUT2D eigenvalue weighted by atomic mass is 10.0. The molecule has 1 atom stereocenters. The van der Waals surface area contributed by atoms with Crippen LogP contribution >= 0.6 is 0 Å². The standard InChI is InChI=1S/C22H21FN6O/c1-13-9-16(5-7-25-13)21-18-12-29(8-6-20(18)27-28-21)22(30)26-14(2)15-3-4-17(11-24)19(23)10-15/h3-5,7,9-10,14H,6,8,12H2,1-2H3,(H,26,30)(H,27,28). The second-order valence-corrected chi connectivity index (χ2v) is 7.41. The van der Waals surface area contributed by atoms with Crippen LogP contribution in [0.5, 0.6) is 0 Å². The number of hydrogen-bond acceptors (Lipinski definition) is 4. The highest BCUT2D eigenvalue weighted by Gasteiger charge is 2.26. The van der Waals surface area contributed by atoms with Gasteiger partial charge in [0.05, 0.1) is 23.8 Å². The molecule has 152 valence electrons. The monoisotopic (exact) mass is 404 g/mol. The lowest BCUT2D eigenvalue weighted by molar-refractivity contribution is 0.189. The van der Waals surface area contributed by atoms with E-state index in [-0.39, 0.29) is 11.6 Å². The van der Waals surface area contributed by atoms with Crippen molar-refractivity contribution in [2.24, 2.45) is 0 Å². The summed E-state index contributed by atoms with van der Waals surface area (Å²) < 4.78 is 13.9. The van der Waals surface area contributed by atoms with Crippen LogP contribution in [-0.4, -0.2) is 32.7 Å². The van der Waals surface area contributed by atoms with Gasteiger partial charge in [0.1, 0.15) is 11.9 Å². The van der Waals surface area contributed by atoms with Crippen LogP contribution in [0, 0.1) is 24.1 Å². The topological polar surface area (TPSA) is 97.7 Å². The first-order chi connectivity index (χ1) is 14.5. The highest BCUT2D eigenvalue weighted by atomic mass is 19.1. The highest BCUT2D eigenvalue weighted by molar-refractivity contribution is 5.76. The normalized spacial score (nSPS) is 14.0. The number of aryl methyl sites for hydroxylation is 1. The Bertz CT molecular complexity index is 1150. The lowest BCUT2D eigenvalue weighted by Gasteiger charge is -2.29. The second-order valence-electron chi connectivity index (χ2n) is 7.41. The van der Waals surface area contributed by atoms with E-state index in [4.69, 9.17) is 5.26 Å². The third-order valence-electron chi connectivity index (χ3n) is 5.34. The number of nitrogens with one attached hydrogen (secondary N) is 2. The van der Waals surface area contributed by atoms with Crippen LogP contribution in [0.1, 0.15) is 41.0 Å². The summed E-state index contributed by atoms with van der Waals surface area (Å²) in [6.45, 7) is 4.71. The molecule has 2 aromatic heterocycles. The zero-order valence-electron chi connectivity index (χ0n) is 16.7. The fourth-order valence-corrected chi connectivity index (χ4v) is 3.65. The number of carbonyl (C=O) groups is 1. The summed E-state index contributed by atoms with van der Waals surface area (Å²) in [6, 6.07) is 9.42. The number of halogens is 1. The molecular weight excluding hydrogens is 383 g/mol. The Kier molecular flexibility index (Phi) is 5.19. The zero-order valence-corrected chi connectivity index (χ0v) is 16.7. The fraction of sp³-hybridized carbons (Fsp3) is 0.273. The van der Waals surface area contributed by atoms with Crippen LogP contribution in [0.15, 0.2) is 36.5 Å². The number of aromatic nitrogens is 3. The third kappa shape index (κ3) is 3.74. The van der Waals surface area contributed by atoms with Gasteiger partial charge >= 0.3 is 6.03 Å². The van der Waals surface area contributed by atoms with Crippen molar-refractivity contribution in [3.63, 3.8) is 0 Å². The number of urea groups is 1. The number of nitriles is 1. The minimum atomic E-state index is -0.589. The fourth-order valence-electron chi connectivity index (χ4n) is 3.65. The molecule has 3 heterocycles. The van der Waals surface area contributed by atoms with Crippen LogP contribution in [-0.2, 0) is 13.0 Å². The van der Waals surface area contributed by atoms with Crippen molar-refractivity contribution < 1.29 is 9.18 Å². The van der Waals surface area contributed by atoms with E-state index in [1.165, 1.54) is 12.1 Å². The van der Waals surface area contributed by atoms with Gasteiger partial charge in [-0.25, -0.2) is 9.18 Å². The Morgan fingerprint density at radius 2 is 2.20 bits per heavy atom. The number of amides is 2. The summed E-state index contributed by atoms with van der Waals surface area (Å²) in [5.41, 5.74) is 5.32. The van der Waals surface area contributed by atoms with E-state index in [1.54, 1.807) is 30.2 Å². The molecule has 1 aliphatic heterocycles. The maximum Gasteiger partial charge on any atom is 0.318 e. The number of fused-ring (bicyclic) bond motifs is 1. The molecule has 4 rings (SSSR count). The van der Waals surface area contributed by atoms with Gasteiger partial charge in [0.15, 0.2) is 0 Å². The smallest absolute Gasteiger partial charge is 0.318 e. The molecule has 0 saturated carbocycles. The summed E-state index contributed by atoms with van der Waals surface area (Å²) in [6.07, 6.45) is 2.43. The third-order valence-corrected chi connectivity index (χ3v) is 5.34. The van der Waals surface area contributed by atoms with E-state index in [9.17, 15) is 9.18 Å². The summed E-state index contributed by atoms with van der Waals surface area (Å²) in [7, 11) is 0. The maximum absolute atomic E-state index is 13.9. The van der Waals surface area contributed by atoms with Crippen molar-refractivity contribution in [2.75, 3.05) is 6.54 Å². The Hall–Kier alpha value is -3.73. The number of benzene rings is 1. The summed E-state index contributed by atoms with van der Waals surface area (Å²) >= 11 is 0. The van der Waals surface area contributed by atoms with Gasteiger partial charge in [0.2, 0.25) is 0 Å². The quantitative estimate of drug-likeness (QED) is 0.697. The lowest BCUT2D eigenvalue weighted by Crippen LogP contribution is -2.43. The van der Waals surface area contributed by atoms with E-state index in [2.05, 4.69) is 20.5 Å². The van der Waals surface area contributed by atoms with Crippen molar-refractivity contribution in [3.05, 3.63) is 70.4 Å². The molecule has 0 fully saturated rings. The van der Waals surface area contributed by atoms with Crippen molar-refractivity contribution in [1.29, 1.82) is 5.26 Å². The SMILES string of the molecule is Cc1cc(-c2n[nH]c3c2CN(C(=O)NC(C)c2ccc(C#N)c(F)c2)CC3)ccn1. The average Bonchev–Trinajstić information content (AvgIpc) is 3.17. The van der Waals surface area contributed by atoms with Gasteiger partial charge in [0.25, 0.3) is 0 Å². The molecule has 0 bridgehead atoms. The van der Waals surface area contributed by atoms with E-state index < -0.39 is 11.9 Å². The molecule has 1 unspecified atom stereocenters. The number of carbonyl (C=O) groups excluding carboxylic acids is 1. The van der Waals surface area contributed by atoms with Gasteiger partial charge in [-0.1, -0.05) is 6.07 Å². The molecule has 0 spiro atoms. The molecular formula is C22H21FN6O. The van der Waals surface area contributed by atoms with Crippen LogP contribution in [0.25, 0.3) is 11.3 Å². The number of rotatable bonds is 3. The first-order valence-electron chi connectivity index (χ1n) is 9.70. The molecule has 8 heteroatoms. The number of H-pyrrole nitrogens is 1. The second kappa shape index (κ2) is 7.95. The van der Waals surface area contributed by atoms with Crippen LogP contribution in [0.2, 0.25) is 0 Å². The van der Waals surface area contributed by atoms with E-state index in [1.807, 2.05) is 19.1 Å². The van der Waals surface area contributed by atoms with E-state index >= 15 is 0 Å². The first-order valence-corrected chi connectivity index (χ1v) is 9.70. The Balaban J connectivity index is 1.49. The van der Waals surface area contributed by atoms with Crippen molar-refractivity contribution in [2.45, 2.75) is 32.9 Å². The van der Waals surface area contributed by atoms with Crippen molar-refractivity contribution in [3.8, 4) is 17.3 Å². The van der Waals surface area contributed by atoms with Crippen molar-refractivity contribution >= 4 is 6.03 Å². The van der Waals surface area contributed by atoms with E-state index in [0.717, 1.165) is 28.2 Å². The van der Waals surface area contributed by atoms with Gasteiger partial charge in [0, 0.05) is 41.7 Å². The molecule has 0 saturated heterocycles.